The van der Waals surface area contributed by atoms with Crippen molar-refractivity contribution >= 4 is 21.8 Å². The molecule has 98 valence electrons. The monoisotopic (exact) mass is 314 g/mol. The van der Waals surface area contributed by atoms with Crippen LogP contribution in [-0.4, -0.2) is 38.2 Å². The van der Waals surface area contributed by atoms with Gasteiger partial charge in [-0.3, -0.25) is 4.79 Å². The normalized spacial score (nSPS) is 12.6. The number of halogens is 1. The van der Waals surface area contributed by atoms with E-state index in [0.29, 0.717) is 13.1 Å². The molecule has 6 heteroatoms. The second-order valence-corrected chi connectivity index (χ2v) is 5.04. The van der Waals surface area contributed by atoms with Crippen molar-refractivity contribution in [3.05, 3.63) is 22.2 Å². The summed E-state index contributed by atoms with van der Waals surface area (Å²) >= 11 is 3.48. The second kappa shape index (κ2) is 5.58. The summed E-state index contributed by atoms with van der Waals surface area (Å²) in [6.07, 6.45) is 0. The first-order valence-electron chi connectivity index (χ1n) is 5.57. The molecule has 0 saturated carbocycles. The summed E-state index contributed by atoms with van der Waals surface area (Å²) in [5, 5.41) is 3.10. The van der Waals surface area contributed by atoms with Crippen LogP contribution in [0.1, 0.15) is 5.56 Å². The van der Waals surface area contributed by atoms with Gasteiger partial charge in [-0.05, 0) is 17.7 Å². The molecule has 1 N–H and O–H groups in total. The molecule has 2 rings (SSSR count). The van der Waals surface area contributed by atoms with E-state index in [-0.39, 0.29) is 12.7 Å². The minimum absolute atomic E-state index is 0.0480. The van der Waals surface area contributed by atoms with Crippen molar-refractivity contribution in [2.75, 3.05) is 27.4 Å². The number of nitrogens with one attached hydrogen (secondary N) is 1. The Morgan fingerprint density at radius 2 is 2.06 bits per heavy atom. The fourth-order valence-electron chi connectivity index (χ4n) is 1.56. The predicted molar refractivity (Wildman–Crippen MR) is 70.7 cm³/mol. The Balaban J connectivity index is 1.96. The zero-order valence-electron chi connectivity index (χ0n) is 10.3. The standard InChI is InChI=1S/C12H15BrN2O3/c1-15(2)12(16)6-14-5-8-3-10-11(4-9(8)13)18-7-17-10/h3-4,14H,5-7H2,1-2H3. The number of benzene rings is 1. The Kier molecular flexibility index (Phi) is 4.08. The van der Waals surface area contributed by atoms with Crippen molar-refractivity contribution in [1.29, 1.82) is 0 Å². The van der Waals surface area contributed by atoms with E-state index < -0.39 is 0 Å². The molecule has 0 aliphatic carbocycles. The van der Waals surface area contributed by atoms with Crippen LogP contribution in [0, 0.1) is 0 Å². The third kappa shape index (κ3) is 2.94. The van der Waals surface area contributed by atoms with Gasteiger partial charge in [-0.15, -0.1) is 0 Å². The van der Waals surface area contributed by atoms with Gasteiger partial charge in [0, 0.05) is 25.1 Å². The van der Waals surface area contributed by atoms with Gasteiger partial charge in [0.05, 0.1) is 6.54 Å². The van der Waals surface area contributed by atoms with Crippen LogP contribution < -0.4 is 14.8 Å². The molecule has 0 bridgehead atoms. The lowest BCUT2D eigenvalue weighted by atomic mass is 10.2. The number of amides is 1. The van der Waals surface area contributed by atoms with Crippen LogP contribution in [0.5, 0.6) is 11.5 Å². The van der Waals surface area contributed by atoms with E-state index in [2.05, 4.69) is 21.2 Å². The largest absolute Gasteiger partial charge is 0.454 e. The molecule has 0 spiro atoms. The average molecular weight is 315 g/mol. The van der Waals surface area contributed by atoms with Crippen LogP contribution in [0.2, 0.25) is 0 Å². The Bertz CT molecular complexity index is 463. The van der Waals surface area contributed by atoms with Crippen molar-refractivity contribution in [3.8, 4) is 11.5 Å². The van der Waals surface area contributed by atoms with Gasteiger partial charge >= 0.3 is 0 Å². The number of hydrogen-bond donors (Lipinski definition) is 1. The molecule has 0 saturated heterocycles. The quantitative estimate of drug-likeness (QED) is 0.911. The molecule has 0 radical (unpaired) electrons. The molecule has 0 unspecified atom stereocenters. The first-order valence-corrected chi connectivity index (χ1v) is 6.36. The summed E-state index contributed by atoms with van der Waals surface area (Å²) in [4.78, 5) is 13.0. The van der Waals surface area contributed by atoms with E-state index in [1.807, 2.05) is 12.1 Å². The highest BCUT2D eigenvalue weighted by molar-refractivity contribution is 9.10. The lowest BCUT2D eigenvalue weighted by molar-refractivity contribution is -0.127. The van der Waals surface area contributed by atoms with Gasteiger partial charge in [-0.2, -0.15) is 0 Å². The van der Waals surface area contributed by atoms with Crippen LogP contribution in [0.3, 0.4) is 0 Å². The number of hydrogen-bond acceptors (Lipinski definition) is 4. The van der Waals surface area contributed by atoms with Gasteiger partial charge in [0.1, 0.15) is 0 Å². The zero-order valence-corrected chi connectivity index (χ0v) is 11.9. The molecule has 0 aromatic heterocycles. The minimum Gasteiger partial charge on any atom is -0.454 e. The third-order valence-electron chi connectivity index (χ3n) is 2.63. The van der Waals surface area contributed by atoms with Crippen LogP contribution in [0.4, 0.5) is 0 Å². The van der Waals surface area contributed by atoms with Crippen molar-refractivity contribution in [2.24, 2.45) is 0 Å². The van der Waals surface area contributed by atoms with Crippen molar-refractivity contribution < 1.29 is 14.3 Å². The number of nitrogens with zero attached hydrogens (tertiary/aromatic N) is 1. The van der Waals surface area contributed by atoms with Crippen molar-refractivity contribution in [2.45, 2.75) is 6.54 Å². The first-order chi connectivity index (χ1) is 8.58. The number of fused-ring (bicyclic) bond motifs is 1. The molecular weight excluding hydrogens is 300 g/mol. The smallest absolute Gasteiger partial charge is 0.236 e. The minimum atomic E-state index is 0.0480. The summed E-state index contributed by atoms with van der Waals surface area (Å²) in [5.41, 5.74) is 1.03. The highest BCUT2D eigenvalue weighted by Crippen LogP contribution is 2.36. The maximum Gasteiger partial charge on any atom is 0.236 e. The Morgan fingerprint density at radius 3 is 2.72 bits per heavy atom. The van der Waals surface area contributed by atoms with E-state index >= 15 is 0 Å². The van der Waals surface area contributed by atoms with Gasteiger partial charge in [0.25, 0.3) is 0 Å². The summed E-state index contributed by atoms with van der Waals surface area (Å²) in [6.45, 7) is 1.17. The highest BCUT2D eigenvalue weighted by Gasteiger charge is 2.16. The molecule has 5 nitrogen and oxygen atoms in total. The Morgan fingerprint density at radius 1 is 1.39 bits per heavy atom. The molecule has 1 aromatic rings. The van der Waals surface area contributed by atoms with Crippen molar-refractivity contribution in [3.63, 3.8) is 0 Å². The average Bonchev–Trinajstić information content (AvgIpc) is 2.75. The maximum absolute atomic E-state index is 11.4. The van der Waals surface area contributed by atoms with E-state index in [4.69, 9.17) is 9.47 Å². The van der Waals surface area contributed by atoms with E-state index in [0.717, 1.165) is 21.5 Å². The predicted octanol–water partition coefficient (Wildman–Crippen LogP) is 1.36. The Hall–Kier alpha value is -1.27. The van der Waals surface area contributed by atoms with Gasteiger partial charge in [0.2, 0.25) is 12.7 Å². The molecule has 1 aromatic carbocycles. The molecule has 1 aliphatic heterocycles. The van der Waals surface area contributed by atoms with Gasteiger partial charge < -0.3 is 19.7 Å². The second-order valence-electron chi connectivity index (χ2n) is 4.19. The maximum atomic E-state index is 11.4. The Labute approximate surface area is 114 Å². The fraction of sp³-hybridized carbons (Fsp3) is 0.417. The molecule has 1 heterocycles. The number of rotatable bonds is 4. The molecule has 1 aliphatic rings. The lowest BCUT2D eigenvalue weighted by Gasteiger charge is -2.12. The van der Waals surface area contributed by atoms with E-state index in [9.17, 15) is 4.79 Å². The summed E-state index contributed by atoms with van der Waals surface area (Å²) < 4.78 is 11.5. The fourth-order valence-corrected chi connectivity index (χ4v) is 2.02. The molecular formula is C12H15BrN2O3. The third-order valence-corrected chi connectivity index (χ3v) is 3.37. The van der Waals surface area contributed by atoms with Gasteiger partial charge in [-0.25, -0.2) is 0 Å². The summed E-state index contributed by atoms with van der Waals surface area (Å²) in [5.74, 6) is 1.54. The first kappa shape index (κ1) is 13.2. The number of carbonyl (C=O) groups excluding carboxylic acids is 1. The SMILES string of the molecule is CN(C)C(=O)CNCc1cc2c(cc1Br)OCO2. The number of carbonyl (C=O) groups is 1. The summed E-state index contributed by atoms with van der Waals surface area (Å²) in [7, 11) is 3.47. The topological polar surface area (TPSA) is 50.8 Å². The van der Waals surface area contributed by atoms with Gasteiger partial charge in [-0.1, -0.05) is 15.9 Å². The lowest BCUT2D eigenvalue weighted by Crippen LogP contribution is -2.32. The van der Waals surface area contributed by atoms with Crippen molar-refractivity contribution in [1.82, 2.24) is 10.2 Å². The summed E-state index contributed by atoms with van der Waals surface area (Å²) in [6, 6.07) is 3.80. The van der Waals surface area contributed by atoms with E-state index in [1.54, 1.807) is 19.0 Å². The van der Waals surface area contributed by atoms with Crippen LogP contribution in [0.25, 0.3) is 0 Å². The van der Waals surface area contributed by atoms with Crippen LogP contribution in [0.15, 0.2) is 16.6 Å². The molecule has 18 heavy (non-hydrogen) atoms. The zero-order chi connectivity index (χ0) is 13.1. The number of likely N-dealkylation sites (N-methyl/N-ethyl adjacent to an activating group) is 1. The van der Waals surface area contributed by atoms with Crippen LogP contribution >= 0.6 is 15.9 Å². The molecule has 1 amide bonds. The number of ether oxygens (including phenoxy) is 2. The molecule has 0 atom stereocenters. The molecule has 0 fully saturated rings. The van der Waals surface area contributed by atoms with Crippen LogP contribution in [-0.2, 0) is 11.3 Å². The van der Waals surface area contributed by atoms with E-state index in [1.165, 1.54) is 0 Å². The highest BCUT2D eigenvalue weighted by atomic mass is 79.9. The van der Waals surface area contributed by atoms with Gasteiger partial charge in [0.15, 0.2) is 11.5 Å².